The van der Waals surface area contributed by atoms with Gasteiger partial charge in [0, 0.05) is 12.8 Å². The monoisotopic (exact) mass is 193 g/mol. The van der Waals surface area contributed by atoms with E-state index in [4.69, 9.17) is 10.5 Å². The topological polar surface area (TPSA) is 61.0 Å². The first-order chi connectivity index (χ1) is 6.71. The summed E-state index contributed by atoms with van der Waals surface area (Å²) in [7, 11) is 0. The molecule has 1 aromatic rings. The third-order valence-corrected chi connectivity index (χ3v) is 2.62. The molecule has 1 atom stereocenters. The van der Waals surface area contributed by atoms with Crippen molar-refractivity contribution in [2.24, 2.45) is 0 Å². The number of ether oxygens (including phenoxy) is 1. The summed E-state index contributed by atoms with van der Waals surface area (Å²) in [6.45, 7) is 2.82. The highest BCUT2D eigenvalue weighted by atomic mass is 16.5. The first kappa shape index (κ1) is 9.40. The van der Waals surface area contributed by atoms with Gasteiger partial charge in [-0.05, 0) is 32.3 Å². The predicted molar refractivity (Wildman–Crippen MR) is 53.6 cm³/mol. The molecule has 4 nitrogen and oxygen atoms in total. The Labute approximate surface area is 83.5 Å². The minimum absolute atomic E-state index is 0.340. The smallest absolute Gasteiger partial charge is 0.162 e. The standard InChI is InChI=1S/C10H15N3O/c1-10(5-2-3-7-14-10)9-12-6-4-8(11)13-9/h4,6H,2-3,5,7H2,1H3,(H2,11,12,13). The zero-order valence-corrected chi connectivity index (χ0v) is 8.36. The van der Waals surface area contributed by atoms with E-state index < -0.39 is 0 Å². The molecule has 2 N–H and O–H groups in total. The van der Waals surface area contributed by atoms with Crippen molar-refractivity contribution in [3.05, 3.63) is 18.1 Å². The van der Waals surface area contributed by atoms with Crippen molar-refractivity contribution in [3.63, 3.8) is 0 Å². The van der Waals surface area contributed by atoms with E-state index in [2.05, 4.69) is 9.97 Å². The summed E-state index contributed by atoms with van der Waals surface area (Å²) in [5, 5.41) is 0. The molecule has 0 amide bonds. The van der Waals surface area contributed by atoms with Crippen LogP contribution in [0.25, 0.3) is 0 Å². The molecule has 1 saturated heterocycles. The number of hydrogen-bond acceptors (Lipinski definition) is 4. The van der Waals surface area contributed by atoms with Gasteiger partial charge < -0.3 is 10.5 Å². The Kier molecular flexibility index (Phi) is 2.37. The summed E-state index contributed by atoms with van der Waals surface area (Å²) in [4.78, 5) is 8.43. The van der Waals surface area contributed by atoms with E-state index in [0.29, 0.717) is 11.6 Å². The lowest BCUT2D eigenvalue weighted by molar-refractivity contribution is -0.0759. The summed E-state index contributed by atoms with van der Waals surface area (Å²) >= 11 is 0. The summed E-state index contributed by atoms with van der Waals surface area (Å²) in [6, 6.07) is 1.69. The van der Waals surface area contributed by atoms with Crippen molar-refractivity contribution in [2.75, 3.05) is 12.3 Å². The second-order valence-corrected chi connectivity index (χ2v) is 3.84. The third-order valence-electron chi connectivity index (χ3n) is 2.62. The van der Waals surface area contributed by atoms with Gasteiger partial charge in [-0.1, -0.05) is 0 Å². The van der Waals surface area contributed by atoms with Crippen molar-refractivity contribution in [1.29, 1.82) is 0 Å². The lowest BCUT2D eigenvalue weighted by Crippen LogP contribution is -2.32. The Balaban J connectivity index is 2.28. The minimum Gasteiger partial charge on any atom is -0.384 e. The van der Waals surface area contributed by atoms with Gasteiger partial charge in [0.05, 0.1) is 0 Å². The van der Waals surface area contributed by atoms with E-state index in [9.17, 15) is 0 Å². The fraction of sp³-hybridized carbons (Fsp3) is 0.600. The van der Waals surface area contributed by atoms with E-state index in [0.717, 1.165) is 25.9 Å². The maximum absolute atomic E-state index is 5.73. The number of rotatable bonds is 1. The Morgan fingerprint density at radius 3 is 3.00 bits per heavy atom. The molecular formula is C10H15N3O. The van der Waals surface area contributed by atoms with E-state index >= 15 is 0 Å². The number of anilines is 1. The van der Waals surface area contributed by atoms with Crippen molar-refractivity contribution in [1.82, 2.24) is 9.97 Å². The van der Waals surface area contributed by atoms with Crippen LogP contribution >= 0.6 is 0 Å². The molecule has 0 aliphatic carbocycles. The van der Waals surface area contributed by atoms with Gasteiger partial charge in [-0.3, -0.25) is 0 Å². The Morgan fingerprint density at radius 1 is 1.50 bits per heavy atom. The molecule has 2 rings (SSSR count). The van der Waals surface area contributed by atoms with Crippen LogP contribution in [0.2, 0.25) is 0 Å². The zero-order valence-electron chi connectivity index (χ0n) is 8.36. The van der Waals surface area contributed by atoms with Crippen LogP contribution in [0.15, 0.2) is 12.3 Å². The fourth-order valence-corrected chi connectivity index (χ4v) is 1.74. The van der Waals surface area contributed by atoms with Crippen molar-refractivity contribution in [3.8, 4) is 0 Å². The molecule has 1 fully saturated rings. The van der Waals surface area contributed by atoms with Crippen LogP contribution in [0, 0.1) is 0 Å². The van der Waals surface area contributed by atoms with E-state index in [1.54, 1.807) is 12.3 Å². The summed E-state index contributed by atoms with van der Waals surface area (Å²) in [5.41, 5.74) is 5.28. The Morgan fingerprint density at radius 2 is 2.36 bits per heavy atom. The molecule has 4 heteroatoms. The van der Waals surface area contributed by atoms with Gasteiger partial charge in [-0.2, -0.15) is 0 Å². The number of nitrogens with two attached hydrogens (primary N) is 1. The van der Waals surface area contributed by atoms with Crippen LogP contribution in [-0.4, -0.2) is 16.6 Å². The molecule has 14 heavy (non-hydrogen) atoms. The van der Waals surface area contributed by atoms with Crippen molar-refractivity contribution < 1.29 is 4.74 Å². The molecule has 0 bridgehead atoms. The van der Waals surface area contributed by atoms with Gasteiger partial charge in [0.1, 0.15) is 11.4 Å². The maximum atomic E-state index is 5.73. The zero-order chi connectivity index (χ0) is 10.0. The van der Waals surface area contributed by atoms with Crippen LogP contribution in [0.5, 0.6) is 0 Å². The van der Waals surface area contributed by atoms with Crippen LogP contribution in [0.1, 0.15) is 32.0 Å². The van der Waals surface area contributed by atoms with E-state index in [1.807, 2.05) is 6.92 Å². The second kappa shape index (κ2) is 3.53. The van der Waals surface area contributed by atoms with Crippen molar-refractivity contribution in [2.45, 2.75) is 31.8 Å². The molecule has 2 heterocycles. The van der Waals surface area contributed by atoms with Crippen LogP contribution < -0.4 is 5.73 Å². The number of nitrogen functional groups attached to an aromatic ring is 1. The highest BCUT2D eigenvalue weighted by Gasteiger charge is 2.32. The molecule has 1 aliphatic rings. The van der Waals surface area contributed by atoms with E-state index in [1.165, 1.54) is 0 Å². The molecule has 0 aromatic carbocycles. The van der Waals surface area contributed by atoms with Gasteiger partial charge in [0.15, 0.2) is 5.82 Å². The van der Waals surface area contributed by atoms with Gasteiger partial charge in [0.25, 0.3) is 0 Å². The lowest BCUT2D eigenvalue weighted by Gasteiger charge is -2.32. The molecule has 76 valence electrons. The molecule has 0 radical (unpaired) electrons. The summed E-state index contributed by atoms with van der Waals surface area (Å²) in [5.74, 6) is 1.21. The second-order valence-electron chi connectivity index (χ2n) is 3.84. The molecule has 1 aliphatic heterocycles. The van der Waals surface area contributed by atoms with Gasteiger partial charge in [-0.25, -0.2) is 9.97 Å². The summed E-state index contributed by atoms with van der Waals surface area (Å²) < 4.78 is 5.73. The predicted octanol–water partition coefficient (Wildman–Crippen LogP) is 1.47. The lowest BCUT2D eigenvalue weighted by atomic mass is 9.95. The number of aromatic nitrogens is 2. The first-order valence-electron chi connectivity index (χ1n) is 4.94. The first-order valence-corrected chi connectivity index (χ1v) is 4.94. The number of nitrogens with zero attached hydrogens (tertiary/aromatic N) is 2. The molecular weight excluding hydrogens is 178 g/mol. The molecule has 0 saturated carbocycles. The van der Waals surface area contributed by atoms with E-state index in [-0.39, 0.29) is 5.60 Å². The Bertz CT molecular complexity index is 321. The van der Waals surface area contributed by atoms with Gasteiger partial charge in [-0.15, -0.1) is 0 Å². The largest absolute Gasteiger partial charge is 0.384 e. The van der Waals surface area contributed by atoms with Gasteiger partial charge in [0.2, 0.25) is 0 Å². The van der Waals surface area contributed by atoms with Crippen LogP contribution in [-0.2, 0) is 10.3 Å². The maximum Gasteiger partial charge on any atom is 0.162 e. The fourth-order valence-electron chi connectivity index (χ4n) is 1.74. The highest BCUT2D eigenvalue weighted by molar-refractivity contribution is 5.26. The van der Waals surface area contributed by atoms with Crippen LogP contribution in [0.4, 0.5) is 5.82 Å². The molecule has 1 aromatic heterocycles. The molecule has 1 unspecified atom stereocenters. The van der Waals surface area contributed by atoms with Crippen molar-refractivity contribution >= 4 is 5.82 Å². The number of hydrogen-bond donors (Lipinski definition) is 1. The minimum atomic E-state index is -0.340. The average molecular weight is 193 g/mol. The summed E-state index contributed by atoms with van der Waals surface area (Å²) in [6.07, 6.45) is 4.93. The normalized spacial score (nSPS) is 27.5. The Hall–Kier alpha value is -1.16. The van der Waals surface area contributed by atoms with Crippen LogP contribution in [0.3, 0.4) is 0 Å². The SMILES string of the molecule is CC1(c2nccc(N)n2)CCCCO1. The average Bonchev–Trinajstić information content (AvgIpc) is 2.19. The quantitative estimate of drug-likeness (QED) is 0.733. The highest BCUT2D eigenvalue weighted by Crippen LogP contribution is 2.32. The van der Waals surface area contributed by atoms with Gasteiger partial charge >= 0.3 is 0 Å². The third kappa shape index (κ3) is 1.70. The molecule has 0 spiro atoms.